The second-order valence-electron chi connectivity index (χ2n) is 6.08. The van der Waals surface area contributed by atoms with Crippen LogP contribution in [0.25, 0.3) is 10.1 Å². The van der Waals surface area contributed by atoms with Gasteiger partial charge in [0.15, 0.2) is 0 Å². The van der Waals surface area contributed by atoms with E-state index < -0.39 is 0 Å². The summed E-state index contributed by atoms with van der Waals surface area (Å²) in [6, 6.07) is 12.6. The monoisotopic (exact) mass is 337 g/mol. The number of carbonyl (C=O) groups excluding carboxylic acids is 1. The average molecular weight is 337 g/mol. The minimum Gasteiger partial charge on any atom is -0.365 e. The van der Waals surface area contributed by atoms with Crippen LogP contribution in [-0.2, 0) is 17.9 Å². The van der Waals surface area contributed by atoms with Gasteiger partial charge in [-0.05, 0) is 35.1 Å². The van der Waals surface area contributed by atoms with Gasteiger partial charge in [-0.3, -0.25) is 4.79 Å². The van der Waals surface area contributed by atoms with Gasteiger partial charge in [-0.1, -0.05) is 24.3 Å². The number of hydrogen-bond acceptors (Lipinski definition) is 4. The Balaban J connectivity index is 1.40. The largest absolute Gasteiger partial charge is 0.365 e. The summed E-state index contributed by atoms with van der Waals surface area (Å²) >= 11 is 1.73. The summed E-state index contributed by atoms with van der Waals surface area (Å²) in [5, 5.41) is 6.68. The highest BCUT2D eigenvalue weighted by molar-refractivity contribution is 7.17. The van der Waals surface area contributed by atoms with E-state index in [0.29, 0.717) is 6.42 Å². The average Bonchev–Trinajstić information content (AvgIpc) is 3.24. The van der Waals surface area contributed by atoms with Gasteiger partial charge in [0, 0.05) is 42.3 Å². The maximum absolute atomic E-state index is 11.7. The molecule has 3 heterocycles. The fourth-order valence-corrected chi connectivity index (χ4v) is 3.86. The summed E-state index contributed by atoms with van der Waals surface area (Å²) in [6.07, 6.45) is 3.53. The molecule has 4 rings (SSSR count). The van der Waals surface area contributed by atoms with Crippen LogP contribution in [0.1, 0.15) is 24.0 Å². The maximum Gasteiger partial charge on any atom is 0.222 e. The molecule has 1 aromatic carbocycles. The van der Waals surface area contributed by atoms with Crippen LogP contribution in [0.2, 0.25) is 0 Å². The fourth-order valence-electron chi connectivity index (χ4n) is 3.08. The van der Waals surface area contributed by atoms with E-state index >= 15 is 0 Å². The highest BCUT2D eigenvalue weighted by atomic mass is 32.1. The number of nitrogens with zero attached hydrogens (tertiary/aromatic N) is 2. The molecule has 122 valence electrons. The van der Waals surface area contributed by atoms with E-state index in [4.69, 9.17) is 0 Å². The molecule has 1 saturated heterocycles. The minimum absolute atomic E-state index is 0.274. The van der Waals surface area contributed by atoms with Gasteiger partial charge in [0.1, 0.15) is 5.82 Å². The van der Waals surface area contributed by atoms with Crippen molar-refractivity contribution >= 4 is 33.1 Å². The Bertz CT molecular complexity index is 856. The number of anilines is 1. The third-order valence-corrected chi connectivity index (χ3v) is 5.29. The van der Waals surface area contributed by atoms with Crippen molar-refractivity contribution in [3.05, 3.63) is 59.1 Å². The zero-order valence-electron chi connectivity index (χ0n) is 13.4. The molecule has 1 N–H and O–H groups in total. The van der Waals surface area contributed by atoms with E-state index in [-0.39, 0.29) is 5.91 Å². The number of fused-ring (bicyclic) bond motifs is 1. The lowest BCUT2D eigenvalue weighted by molar-refractivity contribution is -0.128. The zero-order chi connectivity index (χ0) is 16.4. The maximum atomic E-state index is 11.7. The summed E-state index contributed by atoms with van der Waals surface area (Å²) in [7, 11) is 0. The molecule has 0 saturated carbocycles. The van der Waals surface area contributed by atoms with Crippen LogP contribution in [0.3, 0.4) is 0 Å². The molecule has 3 aromatic rings. The van der Waals surface area contributed by atoms with E-state index in [1.807, 2.05) is 17.2 Å². The van der Waals surface area contributed by atoms with Gasteiger partial charge < -0.3 is 10.2 Å². The van der Waals surface area contributed by atoms with E-state index in [1.54, 1.807) is 11.3 Å². The van der Waals surface area contributed by atoms with Gasteiger partial charge in [-0.25, -0.2) is 4.98 Å². The third kappa shape index (κ3) is 3.12. The predicted molar refractivity (Wildman–Crippen MR) is 98.0 cm³/mol. The molecular formula is C19H19N3OS. The Morgan fingerprint density at radius 3 is 2.75 bits per heavy atom. The van der Waals surface area contributed by atoms with Gasteiger partial charge in [0.25, 0.3) is 0 Å². The standard InChI is InChI=1S/C19H19N3OS/c23-18-2-1-10-22(18)13-15-5-3-14(4-6-15)12-21-19-16-8-11-24-17(16)7-9-20-19/h3-9,11H,1-2,10,12-13H2,(H,20,21). The number of aromatic nitrogens is 1. The number of nitrogens with one attached hydrogen (secondary N) is 1. The molecule has 1 aliphatic rings. The number of likely N-dealkylation sites (tertiary alicyclic amines) is 1. The van der Waals surface area contributed by atoms with Crippen molar-refractivity contribution in [1.82, 2.24) is 9.88 Å². The van der Waals surface area contributed by atoms with Crippen LogP contribution in [-0.4, -0.2) is 22.3 Å². The van der Waals surface area contributed by atoms with Crippen molar-refractivity contribution in [2.75, 3.05) is 11.9 Å². The van der Waals surface area contributed by atoms with E-state index in [9.17, 15) is 4.79 Å². The van der Waals surface area contributed by atoms with Crippen molar-refractivity contribution in [2.24, 2.45) is 0 Å². The van der Waals surface area contributed by atoms with Gasteiger partial charge >= 0.3 is 0 Å². The lowest BCUT2D eigenvalue weighted by Gasteiger charge is -2.15. The number of hydrogen-bond donors (Lipinski definition) is 1. The Morgan fingerprint density at radius 1 is 1.12 bits per heavy atom. The summed E-state index contributed by atoms with van der Waals surface area (Å²) in [5.41, 5.74) is 2.40. The van der Waals surface area contributed by atoms with Gasteiger partial charge in [-0.2, -0.15) is 0 Å². The molecular weight excluding hydrogens is 318 g/mol. The van der Waals surface area contributed by atoms with E-state index in [0.717, 1.165) is 31.9 Å². The van der Waals surface area contributed by atoms with Crippen molar-refractivity contribution in [2.45, 2.75) is 25.9 Å². The molecule has 1 amide bonds. The molecule has 0 spiro atoms. The predicted octanol–water partition coefficient (Wildman–Crippen LogP) is 4.03. The van der Waals surface area contributed by atoms with Crippen molar-refractivity contribution in [1.29, 1.82) is 0 Å². The smallest absolute Gasteiger partial charge is 0.222 e. The van der Waals surface area contributed by atoms with Gasteiger partial charge in [0.2, 0.25) is 5.91 Å². The number of pyridine rings is 1. The first-order chi connectivity index (χ1) is 11.8. The van der Waals surface area contributed by atoms with Crippen LogP contribution in [0.5, 0.6) is 0 Å². The molecule has 0 radical (unpaired) electrons. The van der Waals surface area contributed by atoms with Gasteiger partial charge in [-0.15, -0.1) is 11.3 Å². The second-order valence-corrected chi connectivity index (χ2v) is 7.03. The molecule has 1 aliphatic heterocycles. The van der Waals surface area contributed by atoms with Crippen molar-refractivity contribution in [3.8, 4) is 0 Å². The zero-order valence-corrected chi connectivity index (χ0v) is 14.2. The van der Waals surface area contributed by atoms with E-state index in [2.05, 4.69) is 46.0 Å². The normalized spacial score (nSPS) is 14.5. The molecule has 0 atom stereocenters. The second kappa shape index (κ2) is 6.61. The van der Waals surface area contributed by atoms with Crippen LogP contribution in [0, 0.1) is 0 Å². The molecule has 24 heavy (non-hydrogen) atoms. The molecule has 2 aromatic heterocycles. The topological polar surface area (TPSA) is 45.2 Å². The Morgan fingerprint density at radius 2 is 1.96 bits per heavy atom. The summed E-state index contributed by atoms with van der Waals surface area (Å²) in [6.45, 7) is 2.35. The summed E-state index contributed by atoms with van der Waals surface area (Å²) < 4.78 is 1.25. The summed E-state index contributed by atoms with van der Waals surface area (Å²) in [4.78, 5) is 18.1. The highest BCUT2D eigenvalue weighted by Gasteiger charge is 2.19. The van der Waals surface area contributed by atoms with Crippen LogP contribution >= 0.6 is 11.3 Å². The number of benzene rings is 1. The molecule has 4 nitrogen and oxygen atoms in total. The number of carbonyl (C=O) groups is 1. The molecule has 0 bridgehead atoms. The highest BCUT2D eigenvalue weighted by Crippen LogP contribution is 2.26. The number of thiophene rings is 1. The first-order valence-corrected chi connectivity index (χ1v) is 9.09. The van der Waals surface area contributed by atoms with E-state index in [1.165, 1.54) is 21.2 Å². The number of rotatable bonds is 5. The quantitative estimate of drug-likeness (QED) is 0.764. The number of amides is 1. The van der Waals surface area contributed by atoms with Crippen molar-refractivity contribution in [3.63, 3.8) is 0 Å². The SMILES string of the molecule is O=C1CCCN1Cc1ccc(CNc2nccc3sccc23)cc1. The fraction of sp³-hybridized carbons (Fsp3) is 0.263. The molecule has 0 aliphatic carbocycles. The van der Waals surface area contributed by atoms with Crippen molar-refractivity contribution < 1.29 is 4.79 Å². The minimum atomic E-state index is 0.274. The molecule has 1 fully saturated rings. The summed E-state index contributed by atoms with van der Waals surface area (Å²) in [5.74, 6) is 1.20. The molecule has 0 unspecified atom stereocenters. The van der Waals surface area contributed by atoms with Crippen LogP contribution in [0.4, 0.5) is 5.82 Å². The Hall–Kier alpha value is -2.40. The lowest BCUT2D eigenvalue weighted by atomic mass is 10.1. The lowest BCUT2D eigenvalue weighted by Crippen LogP contribution is -2.23. The first-order valence-electron chi connectivity index (χ1n) is 8.21. The van der Waals surface area contributed by atoms with Gasteiger partial charge in [0.05, 0.1) is 0 Å². The van der Waals surface area contributed by atoms with Crippen LogP contribution < -0.4 is 5.32 Å². The first kappa shape index (κ1) is 15.1. The Kier molecular flexibility index (Phi) is 4.17. The van der Waals surface area contributed by atoms with Crippen LogP contribution in [0.15, 0.2) is 48.0 Å². The Labute approximate surface area is 145 Å². The third-order valence-electron chi connectivity index (χ3n) is 4.41. The molecule has 5 heteroatoms.